The number of ether oxygens (including phenoxy) is 1. The molecule has 0 aliphatic carbocycles. The zero-order valence-electron chi connectivity index (χ0n) is 6.46. The Balaban J connectivity index is 2.05. The minimum Gasteiger partial charge on any atom is -0.382 e. The zero-order chi connectivity index (χ0) is 7.84. The second-order valence-electron chi connectivity index (χ2n) is 3.11. The fourth-order valence-electron chi connectivity index (χ4n) is 1.60. The van der Waals surface area contributed by atoms with Crippen LogP contribution in [-0.2, 0) is 9.53 Å². The Bertz CT molecular complexity index is 222. The summed E-state index contributed by atoms with van der Waals surface area (Å²) in [6, 6.07) is 0.473. The van der Waals surface area contributed by atoms with E-state index in [1.165, 1.54) is 0 Å². The molecule has 0 radical (unpaired) electrons. The van der Waals surface area contributed by atoms with Crippen LogP contribution in [0.1, 0.15) is 6.92 Å². The molecule has 2 saturated heterocycles. The molecule has 60 valence electrons. The Kier molecular flexibility index (Phi) is 1.46. The molecule has 0 saturated carbocycles. The molecule has 3 nitrogen and oxygen atoms in total. The average Bonchev–Trinajstić information content (AvgIpc) is 2.26. The zero-order valence-corrected chi connectivity index (χ0v) is 6.46. The van der Waals surface area contributed by atoms with E-state index >= 15 is 0 Å². The van der Waals surface area contributed by atoms with Crippen LogP contribution in [0, 0.1) is 5.92 Å². The molecule has 0 bridgehead atoms. The summed E-state index contributed by atoms with van der Waals surface area (Å²) in [5.74, 6) is 0.580. The SMILES string of the molecule is CC(=O)/C=C1/NC2COCC12. The lowest BCUT2D eigenvalue weighted by Crippen LogP contribution is -2.49. The molecule has 11 heavy (non-hydrogen) atoms. The summed E-state index contributed by atoms with van der Waals surface area (Å²) in [6.07, 6.45) is 1.66. The lowest BCUT2D eigenvalue weighted by Gasteiger charge is -2.34. The number of hydrogen-bond acceptors (Lipinski definition) is 3. The summed E-state index contributed by atoms with van der Waals surface area (Å²) in [4.78, 5) is 10.7. The molecule has 1 N–H and O–H groups in total. The van der Waals surface area contributed by atoms with E-state index in [2.05, 4.69) is 5.32 Å². The molecule has 2 fully saturated rings. The molecule has 0 aromatic carbocycles. The first kappa shape index (κ1) is 6.85. The Labute approximate surface area is 65.4 Å². The van der Waals surface area contributed by atoms with Crippen LogP contribution >= 0.6 is 0 Å². The number of rotatable bonds is 1. The van der Waals surface area contributed by atoms with E-state index in [1.54, 1.807) is 13.0 Å². The number of allylic oxidation sites excluding steroid dienone is 1. The molecule has 2 unspecified atom stereocenters. The maximum absolute atomic E-state index is 10.7. The number of hydrogen-bond donors (Lipinski definition) is 1. The van der Waals surface area contributed by atoms with Crippen LogP contribution in [-0.4, -0.2) is 25.0 Å². The number of ketones is 1. The molecule has 2 atom stereocenters. The van der Waals surface area contributed by atoms with E-state index in [-0.39, 0.29) is 5.78 Å². The quantitative estimate of drug-likeness (QED) is 0.542. The number of carbonyl (C=O) groups is 1. The largest absolute Gasteiger partial charge is 0.382 e. The number of carbonyl (C=O) groups excluding carboxylic acids is 1. The van der Waals surface area contributed by atoms with Crippen molar-refractivity contribution in [1.82, 2.24) is 5.32 Å². The second kappa shape index (κ2) is 2.34. The van der Waals surface area contributed by atoms with E-state index in [0.29, 0.717) is 12.0 Å². The van der Waals surface area contributed by atoms with Gasteiger partial charge in [-0.1, -0.05) is 0 Å². The van der Waals surface area contributed by atoms with Crippen LogP contribution in [0.4, 0.5) is 0 Å². The van der Waals surface area contributed by atoms with Crippen LogP contribution in [0.15, 0.2) is 11.8 Å². The molecule has 3 heteroatoms. The Morgan fingerprint density at radius 2 is 2.55 bits per heavy atom. The summed E-state index contributed by atoms with van der Waals surface area (Å²) < 4.78 is 5.23. The highest BCUT2D eigenvalue weighted by Gasteiger charge is 2.40. The third kappa shape index (κ3) is 1.05. The maximum atomic E-state index is 10.7. The molecular weight excluding hydrogens is 142 g/mol. The second-order valence-corrected chi connectivity index (χ2v) is 3.11. The average molecular weight is 153 g/mol. The van der Waals surface area contributed by atoms with Crippen molar-refractivity contribution in [1.29, 1.82) is 0 Å². The van der Waals surface area contributed by atoms with Gasteiger partial charge in [-0.15, -0.1) is 0 Å². The van der Waals surface area contributed by atoms with E-state index in [9.17, 15) is 4.79 Å². The van der Waals surface area contributed by atoms with Gasteiger partial charge in [-0.2, -0.15) is 0 Å². The maximum Gasteiger partial charge on any atom is 0.154 e. The normalized spacial score (nSPS) is 37.7. The van der Waals surface area contributed by atoms with Crippen LogP contribution in [0.5, 0.6) is 0 Å². The van der Waals surface area contributed by atoms with Gasteiger partial charge in [0.2, 0.25) is 0 Å². The van der Waals surface area contributed by atoms with Crippen molar-refractivity contribution in [2.45, 2.75) is 13.0 Å². The van der Waals surface area contributed by atoms with Crippen LogP contribution in [0.2, 0.25) is 0 Å². The lowest BCUT2D eigenvalue weighted by atomic mass is 9.90. The predicted octanol–water partition coefficient (Wildman–Crippen LogP) is 0.0775. The molecule has 2 heterocycles. The molecule has 0 aromatic heterocycles. The molecule has 2 aliphatic rings. The van der Waals surface area contributed by atoms with Gasteiger partial charge < -0.3 is 10.1 Å². The van der Waals surface area contributed by atoms with Gasteiger partial charge >= 0.3 is 0 Å². The fraction of sp³-hybridized carbons (Fsp3) is 0.625. The van der Waals surface area contributed by atoms with Gasteiger partial charge in [0.25, 0.3) is 0 Å². The standard InChI is InChI=1S/C8H11NO2/c1-5(10)2-7-6-3-11-4-8(6)9-7/h2,6,8-9H,3-4H2,1H3/b7-2+. The van der Waals surface area contributed by atoms with E-state index in [1.807, 2.05) is 0 Å². The van der Waals surface area contributed by atoms with E-state index < -0.39 is 0 Å². The lowest BCUT2D eigenvalue weighted by molar-refractivity contribution is -0.112. The first-order chi connectivity index (χ1) is 5.27. The van der Waals surface area contributed by atoms with Crippen LogP contribution < -0.4 is 5.32 Å². The molecule has 0 amide bonds. The molecule has 2 aliphatic heterocycles. The number of fused-ring (bicyclic) bond motifs is 1. The summed E-state index contributed by atoms with van der Waals surface area (Å²) in [5, 5.41) is 3.19. The van der Waals surface area contributed by atoms with Gasteiger partial charge in [0.05, 0.1) is 19.3 Å². The van der Waals surface area contributed by atoms with Gasteiger partial charge in [-0.05, 0) is 6.92 Å². The topological polar surface area (TPSA) is 38.3 Å². The van der Waals surface area contributed by atoms with Gasteiger partial charge in [-0.25, -0.2) is 0 Å². The first-order valence-corrected chi connectivity index (χ1v) is 3.84. The van der Waals surface area contributed by atoms with Crippen molar-refractivity contribution < 1.29 is 9.53 Å². The summed E-state index contributed by atoms with van der Waals surface area (Å²) in [7, 11) is 0. The molecule has 0 aromatic rings. The van der Waals surface area contributed by atoms with Gasteiger partial charge in [-0.3, -0.25) is 4.79 Å². The predicted molar refractivity (Wildman–Crippen MR) is 40.0 cm³/mol. The third-order valence-corrected chi connectivity index (χ3v) is 2.19. The minimum atomic E-state index is 0.109. The minimum absolute atomic E-state index is 0.109. The van der Waals surface area contributed by atoms with Crippen molar-refractivity contribution in [2.24, 2.45) is 5.92 Å². The van der Waals surface area contributed by atoms with Crippen molar-refractivity contribution in [3.05, 3.63) is 11.8 Å². The van der Waals surface area contributed by atoms with Crippen molar-refractivity contribution >= 4 is 5.78 Å². The Morgan fingerprint density at radius 3 is 3.18 bits per heavy atom. The molecule has 2 rings (SSSR count). The van der Waals surface area contributed by atoms with Crippen molar-refractivity contribution in [3.63, 3.8) is 0 Å². The third-order valence-electron chi connectivity index (χ3n) is 2.19. The first-order valence-electron chi connectivity index (χ1n) is 3.84. The highest BCUT2D eigenvalue weighted by Crippen LogP contribution is 2.29. The smallest absolute Gasteiger partial charge is 0.154 e. The highest BCUT2D eigenvalue weighted by atomic mass is 16.5. The summed E-state index contributed by atoms with van der Waals surface area (Å²) in [5.41, 5.74) is 1.06. The van der Waals surface area contributed by atoms with Crippen LogP contribution in [0.25, 0.3) is 0 Å². The van der Waals surface area contributed by atoms with E-state index in [4.69, 9.17) is 4.74 Å². The van der Waals surface area contributed by atoms with E-state index in [0.717, 1.165) is 18.9 Å². The summed E-state index contributed by atoms with van der Waals surface area (Å²) >= 11 is 0. The van der Waals surface area contributed by atoms with Gasteiger partial charge in [0.15, 0.2) is 5.78 Å². The summed E-state index contributed by atoms with van der Waals surface area (Å²) in [6.45, 7) is 3.13. The van der Waals surface area contributed by atoms with Gasteiger partial charge in [0.1, 0.15) is 0 Å². The molecular formula is C8H11NO2. The van der Waals surface area contributed by atoms with Crippen molar-refractivity contribution in [2.75, 3.05) is 13.2 Å². The van der Waals surface area contributed by atoms with Crippen LogP contribution in [0.3, 0.4) is 0 Å². The molecule has 0 spiro atoms. The fourth-order valence-corrected chi connectivity index (χ4v) is 1.60. The number of nitrogens with one attached hydrogen (secondary N) is 1. The van der Waals surface area contributed by atoms with Gasteiger partial charge in [0, 0.05) is 17.7 Å². The Hall–Kier alpha value is -0.830. The Morgan fingerprint density at radius 1 is 1.73 bits per heavy atom. The highest BCUT2D eigenvalue weighted by molar-refractivity contribution is 5.88. The monoisotopic (exact) mass is 153 g/mol. The van der Waals surface area contributed by atoms with Crippen molar-refractivity contribution in [3.8, 4) is 0 Å².